The molecule has 3 atom stereocenters. The SMILES string of the molecule is CO[C@@H]1CN[C@@H](C(=O)Nc2cc(C(N)(CCC3CC3)c3ccncc3)ccc2F)C1. The van der Waals surface area contributed by atoms with Crippen molar-refractivity contribution >= 4 is 11.6 Å². The number of pyridine rings is 1. The third-order valence-electron chi connectivity index (χ3n) is 6.32. The van der Waals surface area contributed by atoms with E-state index in [1.165, 1.54) is 18.9 Å². The quantitative estimate of drug-likeness (QED) is 0.620. The van der Waals surface area contributed by atoms with Gasteiger partial charge in [-0.25, -0.2) is 4.39 Å². The van der Waals surface area contributed by atoms with Gasteiger partial charge < -0.3 is 21.1 Å². The van der Waals surface area contributed by atoms with Crippen molar-refractivity contribution in [2.75, 3.05) is 19.0 Å². The van der Waals surface area contributed by atoms with Crippen LogP contribution in [0.2, 0.25) is 0 Å². The van der Waals surface area contributed by atoms with Gasteiger partial charge in [-0.2, -0.15) is 0 Å². The minimum Gasteiger partial charge on any atom is -0.380 e. The van der Waals surface area contributed by atoms with E-state index in [-0.39, 0.29) is 17.7 Å². The Kier molecular flexibility index (Phi) is 6.13. The van der Waals surface area contributed by atoms with Crippen LogP contribution in [0.1, 0.15) is 43.2 Å². The van der Waals surface area contributed by atoms with Crippen LogP contribution in [0.5, 0.6) is 0 Å². The van der Waals surface area contributed by atoms with Crippen LogP contribution in [-0.4, -0.2) is 36.7 Å². The standard InChI is InChI=1S/C23H29FN4O2/c1-30-18-13-21(27-14-18)22(29)28-20-12-17(4-5-19(20)24)23(25,9-6-15-2-3-15)16-7-10-26-11-8-16/h4-5,7-8,10-12,15,18,21,27H,2-3,6,9,13-14,25H2,1H3,(H,28,29)/t18-,21+,23?/m0/s1. The van der Waals surface area contributed by atoms with Crippen molar-refractivity contribution in [1.82, 2.24) is 10.3 Å². The first-order valence-electron chi connectivity index (χ1n) is 10.6. The predicted molar refractivity (Wildman–Crippen MR) is 113 cm³/mol. The molecule has 1 aromatic carbocycles. The third-order valence-corrected chi connectivity index (χ3v) is 6.32. The number of benzene rings is 1. The zero-order valence-corrected chi connectivity index (χ0v) is 17.2. The predicted octanol–water partition coefficient (Wildman–Crippen LogP) is 2.93. The molecule has 160 valence electrons. The number of carbonyl (C=O) groups excluding carboxylic acids is 1. The fraction of sp³-hybridized carbons (Fsp3) is 0.478. The Morgan fingerprint density at radius 1 is 1.30 bits per heavy atom. The van der Waals surface area contributed by atoms with E-state index in [4.69, 9.17) is 10.5 Å². The number of ether oxygens (including phenoxy) is 1. The van der Waals surface area contributed by atoms with Crippen LogP contribution in [0.15, 0.2) is 42.7 Å². The maximum absolute atomic E-state index is 14.6. The van der Waals surface area contributed by atoms with Crippen LogP contribution < -0.4 is 16.4 Å². The van der Waals surface area contributed by atoms with E-state index in [1.807, 2.05) is 12.1 Å². The molecule has 4 N–H and O–H groups in total. The van der Waals surface area contributed by atoms with Crippen molar-refractivity contribution in [3.63, 3.8) is 0 Å². The zero-order valence-electron chi connectivity index (χ0n) is 17.2. The summed E-state index contributed by atoms with van der Waals surface area (Å²) in [5, 5.41) is 5.85. The van der Waals surface area contributed by atoms with Crippen LogP contribution in [-0.2, 0) is 15.1 Å². The van der Waals surface area contributed by atoms with E-state index in [1.54, 1.807) is 31.6 Å². The van der Waals surface area contributed by atoms with Crippen LogP contribution in [0.3, 0.4) is 0 Å². The van der Waals surface area contributed by atoms with E-state index in [9.17, 15) is 9.18 Å². The van der Waals surface area contributed by atoms with Gasteiger partial charge >= 0.3 is 0 Å². The highest BCUT2D eigenvalue weighted by atomic mass is 19.1. The molecule has 1 unspecified atom stereocenters. The monoisotopic (exact) mass is 412 g/mol. The molecule has 6 nitrogen and oxygen atoms in total. The number of rotatable bonds is 8. The number of halogens is 1. The Hall–Kier alpha value is -2.35. The number of hydrogen-bond acceptors (Lipinski definition) is 5. The first-order valence-corrected chi connectivity index (χ1v) is 10.6. The summed E-state index contributed by atoms with van der Waals surface area (Å²) in [7, 11) is 1.62. The maximum Gasteiger partial charge on any atom is 0.241 e. The fourth-order valence-electron chi connectivity index (χ4n) is 4.14. The Morgan fingerprint density at radius 3 is 2.73 bits per heavy atom. The molecule has 0 radical (unpaired) electrons. The Balaban J connectivity index is 1.58. The Bertz CT molecular complexity index is 890. The van der Waals surface area contributed by atoms with Gasteiger partial charge in [-0.1, -0.05) is 18.9 Å². The fourth-order valence-corrected chi connectivity index (χ4v) is 4.14. The normalized spacial score (nSPS) is 23.2. The number of carbonyl (C=O) groups is 1. The highest BCUT2D eigenvalue weighted by Gasteiger charge is 2.34. The number of nitrogens with zero attached hydrogens (tertiary/aromatic N) is 1. The number of hydrogen-bond donors (Lipinski definition) is 3. The molecule has 2 aliphatic rings. The van der Waals surface area contributed by atoms with Crippen molar-refractivity contribution in [2.45, 2.75) is 49.8 Å². The number of nitrogens with one attached hydrogen (secondary N) is 2. The topological polar surface area (TPSA) is 89.3 Å². The average molecular weight is 413 g/mol. The van der Waals surface area contributed by atoms with Crippen LogP contribution in [0, 0.1) is 11.7 Å². The molecule has 1 aliphatic heterocycles. The minimum absolute atomic E-state index is 0.0114. The third kappa shape index (κ3) is 4.53. The molecular formula is C23H29FN4O2. The highest BCUT2D eigenvalue weighted by Crippen LogP contribution is 2.40. The smallest absolute Gasteiger partial charge is 0.241 e. The second-order valence-electron chi connectivity index (χ2n) is 8.43. The van der Waals surface area contributed by atoms with E-state index >= 15 is 0 Å². The van der Waals surface area contributed by atoms with Gasteiger partial charge in [-0.15, -0.1) is 0 Å². The summed E-state index contributed by atoms with van der Waals surface area (Å²) < 4.78 is 19.9. The van der Waals surface area contributed by atoms with Gasteiger partial charge in [0.05, 0.1) is 23.4 Å². The van der Waals surface area contributed by atoms with Gasteiger partial charge in [0.1, 0.15) is 5.82 Å². The average Bonchev–Trinajstić information content (AvgIpc) is 3.48. The minimum atomic E-state index is -0.772. The van der Waals surface area contributed by atoms with Gasteiger partial charge in [0.2, 0.25) is 5.91 Å². The Morgan fingerprint density at radius 2 is 2.07 bits per heavy atom. The zero-order chi connectivity index (χ0) is 21.1. The molecule has 1 aromatic heterocycles. The molecule has 0 spiro atoms. The summed E-state index contributed by atoms with van der Waals surface area (Å²) in [4.78, 5) is 16.7. The van der Waals surface area contributed by atoms with Gasteiger partial charge in [0.15, 0.2) is 0 Å². The molecule has 2 heterocycles. The number of nitrogens with two attached hydrogens (primary N) is 1. The lowest BCUT2D eigenvalue weighted by Crippen LogP contribution is -2.39. The van der Waals surface area contributed by atoms with Crippen molar-refractivity contribution in [1.29, 1.82) is 0 Å². The molecule has 1 aliphatic carbocycles. The number of amides is 1. The van der Waals surface area contributed by atoms with E-state index in [0.717, 1.165) is 29.9 Å². The van der Waals surface area contributed by atoms with Crippen molar-refractivity contribution in [2.24, 2.45) is 11.7 Å². The molecule has 1 saturated heterocycles. The van der Waals surface area contributed by atoms with Crippen LogP contribution in [0.4, 0.5) is 10.1 Å². The molecule has 0 bridgehead atoms. The summed E-state index contributed by atoms with van der Waals surface area (Å²) in [6, 6.07) is 8.17. The Labute approximate surface area is 176 Å². The highest BCUT2D eigenvalue weighted by molar-refractivity contribution is 5.95. The lowest BCUT2D eigenvalue weighted by Gasteiger charge is -2.31. The summed E-state index contributed by atoms with van der Waals surface area (Å²) in [5.41, 5.74) is 8.02. The molecule has 1 saturated carbocycles. The first kappa shape index (κ1) is 20.9. The van der Waals surface area contributed by atoms with E-state index < -0.39 is 17.4 Å². The largest absolute Gasteiger partial charge is 0.380 e. The van der Waals surface area contributed by atoms with Crippen molar-refractivity contribution in [3.8, 4) is 0 Å². The number of anilines is 1. The van der Waals surface area contributed by atoms with Gasteiger partial charge in [0.25, 0.3) is 0 Å². The summed E-state index contributed by atoms with van der Waals surface area (Å²) in [5.74, 6) is -0.0284. The van der Waals surface area contributed by atoms with Crippen molar-refractivity contribution in [3.05, 3.63) is 59.7 Å². The summed E-state index contributed by atoms with van der Waals surface area (Å²) in [6.45, 7) is 0.603. The van der Waals surface area contributed by atoms with E-state index in [0.29, 0.717) is 13.0 Å². The molecule has 1 amide bonds. The van der Waals surface area contributed by atoms with Gasteiger partial charge in [-0.05, 0) is 60.6 Å². The van der Waals surface area contributed by atoms with Crippen LogP contribution >= 0.6 is 0 Å². The maximum atomic E-state index is 14.6. The molecule has 2 aromatic rings. The number of aromatic nitrogens is 1. The molecule has 2 fully saturated rings. The lowest BCUT2D eigenvalue weighted by atomic mass is 9.79. The lowest BCUT2D eigenvalue weighted by molar-refractivity contribution is -0.118. The summed E-state index contributed by atoms with van der Waals surface area (Å²) >= 11 is 0. The van der Waals surface area contributed by atoms with E-state index in [2.05, 4.69) is 15.6 Å². The van der Waals surface area contributed by atoms with Crippen LogP contribution in [0.25, 0.3) is 0 Å². The molecule has 4 rings (SSSR count). The number of methoxy groups -OCH3 is 1. The molecule has 7 heteroatoms. The summed E-state index contributed by atoms with van der Waals surface area (Å²) in [6.07, 6.45) is 8.24. The van der Waals surface area contributed by atoms with Gasteiger partial charge in [0, 0.05) is 26.0 Å². The van der Waals surface area contributed by atoms with Crippen molar-refractivity contribution < 1.29 is 13.9 Å². The molecular weight excluding hydrogens is 383 g/mol. The molecule has 30 heavy (non-hydrogen) atoms. The second-order valence-corrected chi connectivity index (χ2v) is 8.43. The second kappa shape index (κ2) is 8.79. The first-order chi connectivity index (χ1) is 14.5. The van der Waals surface area contributed by atoms with Gasteiger partial charge in [-0.3, -0.25) is 9.78 Å².